The fourth-order valence-corrected chi connectivity index (χ4v) is 4.02. The van der Waals surface area contributed by atoms with Crippen molar-refractivity contribution >= 4 is 28.2 Å². The predicted octanol–water partition coefficient (Wildman–Crippen LogP) is 4.37. The molecule has 3 aromatic rings. The van der Waals surface area contributed by atoms with Gasteiger partial charge in [-0.25, -0.2) is 0 Å². The normalized spacial score (nSPS) is 16.6. The van der Waals surface area contributed by atoms with E-state index >= 15 is 0 Å². The van der Waals surface area contributed by atoms with Crippen LogP contribution in [0.3, 0.4) is 0 Å². The fraction of sp³-hybridized carbons (Fsp3) is 0.318. The molecule has 1 aliphatic heterocycles. The quantitative estimate of drug-likeness (QED) is 0.732. The Morgan fingerprint density at radius 3 is 2.56 bits per heavy atom. The van der Waals surface area contributed by atoms with Gasteiger partial charge in [-0.3, -0.25) is 9.69 Å². The van der Waals surface area contributed by atoms with Crippen LogP contribution >= 0.6 is 11.6 Å². The van der Waals surface area contributed by atoms with Crippen molar-refractivity contribution in [3.05, 3.63) is 75.0 Å². The van der Waals surface area contributed by atoms with Crippen LogP contribution in [0, 0.1) is 6.92 Å². The first-order valence-corrected chi connectivity index (χ1v) is 9.77. The maximum absolute atomic E-state index is 11.9. The molecule has 1 fully saturated rings. The number of piperazine rings is 1. The lowest BCUT2D eigenvalue weighted by molar-refractivity contribution is 0.198. The Morgan fingerprint density at radius 1 is 1.04 bits per heavy atom. The van der Waals surface area contributed by atoms with Gasteiger partial charge in [0.15, 0.2) is 0 Å². The van der Waals surface area contributed by atoms with Gasteiger partial charge in [-0.2, -0.15) is 0 Å². The Hall–Kier alpha value is -2.30. The van der Waals surface area contributed by atoms with E-state index < -0.39 is 0 Å². The lowest BCUT2D eigenvalue weighted by Gasteiger charge is -2.39. The van der Waals surface area contributed by atoms with Crippen molar-refractivity contribution in [2.45, 2.75) is 19.9 Å². The smallest absolute Gasteiger partial charge is 0.251 e. The minimum Gasteiger partial charge on any atom is -0.369 e. The number of rotatable bonds is 3. The molecule has 4 rings (SSSR count). The van der Waals surface area contributed by atoms with Crippen LogP contribution in [0.1, 0.15) is 24.1 Å². The number of fused-ring (bicyclic) bond motifs is 1. The summed E-state index contributed by atoms with van der Waals surface area (Å²) < 4.78 is 0. The third-order valence-corrected chi connectivity index (χ3v) is 5.81. The summed E-state index contributed by atoms with van der Waals surface area (Å²) in [7, 11) is 0. The van der Waals surface area contributed by atoms with Crippen LogP contribution in [0.25, 0.3) is 10.9 Å². The van der Waals surface area contributed by atoms with Crippen molar-refractivity contribution in [1.29, 1.82) is 0 Å². The molecule has 1 N–H and O–H groups in total. The van der Waals surface area contributed by atoms with Crippen molar-refractivity contribution in [3.8, 4) is 0 Å². The van der Waals surface area contributed by atoms with E-state index in [1.54, 1.807) is 0 Å². The number of nitrogens with zero attached hydrogens (tertiary/aromatic N) is 2. The van der Waals surface area contributed by atoms with Gasteiger partial charge in [0.05, 0.1) is 0 Å². The number of aryl methyl sites for hydroxylation is 1. The Morgan fingerprint density at radius 2 is 1.81 bits per heavy atom. The number of nitrogens with one attached hydrogen (secondary N) is 1. The first kappa shape index (κ1) is 18.1. The van der Waals surface area contributed by atoms with Crippen LogP contribution in [0.4, 0.5) is 5.69 Å². The highest BCUT2D eigenvalue weighted by Gasteiger charge is 2.22. The molecule has 0 spiro atoms. The maximum Gasteiger partial charge on any atom is 0.251 e. The van der Waals surface area contributed by atoms with Crippen molar-refractivity contribution in [3.63, 3.8) is 0 Å². The van der Waals surface area contributed by atoms with Crippen LogP contribution in [-0.2, 0) is 0 Å². The number of hydrogen-bond acceptors (Lipinski definition) is 3. The zero-order chi connectivity index (χ0) is 19.0. The molecular weight excluding hydrogens is 358 g/mol. The molecule has 1 saturated heterocycles. The van der Waals surface area contributed by atoms with E-state index in [0.717, 1.165) is 47.7 Å². The van der Waals surface area contributed by atoms with E-state index in [1.807, 2.05) is 31.2 Å². The molecule has 5 heteroatoms. The van der Waals surface area contributed by atoms with E-state index in [9.17, 15) is 4.79 Å². The number of anilines is 1. The molecule has 2 heterocycles. The molecule has 140 valence electrons. The molecule has 1 aromatic heterocycles. The monoisotopic (exact) mass is 381 g/mol. The minimum absolute atomic E-state index is 0.0116. The van der Waals surface area contributed by atoms with Crippen LogP contribution in [-0.4, -0.2) is 36.1 Å². The zero-order valence-corrected chi connectivity index (χ0v) is 16.5. The van der Waals surface area contributed by atoms with Gasteiger partial charge in [-0.15, -0.1) is 0 Å². The molecular formula is C22H24ClN3O. The lowest BCUT2D eigenvalue weighted by Crippen LogP contribution is -2.47. The highest BCUT2D eigenvalue weighted by atomic mass is 35.5. The SMILES string of the molecule is Cc1cc2ccc(C(C)N3CCN(c4cccc(Cl)c4)CC3)cc2[nH]c1=O. The fourth-order valence-electron chi connectivity index (χ4n) is 3.84. The van der Waals surface area contributed by atoms with Crippen LogP contribution in [0.2, 0.25) is 5.02 Å². The number of halogens is 1. The van der Waals surface area contributed by atoms with Gasteiger partial charge in [-0.1, -0.05) is 29.8 Å². The molecule has 0 aliphatic carbocycles. The van der Waals surface area contributed by atoms with Gasteiger partial charge in [0.2, 0.25) is 0 Å². The molecule has 0 saturated carbocycles. The summed E-state index contributed by atoms with van der Waals surface area (Å²) in [5.74, 6) is 0. The average Bonchev–Trinajstić information content (AvgIpc) is 2.68. The zero-order valence-electron chi connectivity index (χ0n) is 15.7. The average molecular weight is 382 g/mol. The van der Waals surface area contributed by atoms with Gasteiger partial charge in [-0.05, 0) is 55.1 Å². The van der Waals surface area contributed by atoms with E-state index in [1.165, 1.54) is 11.3 Å². The van der Waals surface area contributed by atoms with Crippen molar-refractivity contribution in [2.75, 3.05) is 31.1 Å². The van der Waals surface area contributed by atoms with Gasteiger partial charge < -0.3 is 9.88 Å². The number of hydrogen-bond donors (Lipinski definition) is 1. The summed E-state index contributed by atoms with van der Waals surface area (Å²) in [4.78, 5) is 19.8. The summed E-state index contributed by atoms with van der Waals surface area (Å²) >= 11 is 6.13. The Bertz CT molecular complexity index is 1020. The molecule has 4 nitrogen and oxygen atoms in total. The number of aromatic amines is 1. The Labute approximate surface area is 164 Å². The number of H-pyrrole nitrogens is 1. The van der Waals surface area contributed by atoms with Gasteiger partial charge in [0.1, 0.15) is 0 Å². The number of aromatic nitrogens is 1. The summed E-state index contributed by atoms with van der Waals surface area (Å²) in [6.07, 6.45) is 0. The maximum atomic E-state index is 11.9. The van der Waals surface area contributed by atoms with E-state index in [4.69, 9.17) is 11.6 Å². The van der Waals surface area contributed by atoms with Crippen LogP contribution in [0.5, 0.6) is 0 Å². The predicted molar refractivity (Wildman–Crippen MR) is 113 cm³/mol. The molecule has 1 unspecified atom stereocenters. The van der Waals surface area contributed by atoms with Gasteiger partial charge in [0, 0.05) is 54.0 Å². The second-order valence-corrected chi connectivity index (χ2v) is 7.74. The van der Waals surface area contributed by atoms with Crippen molar-refractivity contribution in [2.24, 2.45) is 0 Å². The van der Waals surface area contributed by atoms with Crippen LogP contribution in [0.15, 0.2) is 53.3 Å². The molecule has 0 amide bonds. The third-order valence-electron chi connectivity index (χ3n) is 5.57. The molecule has 1 aliphatic rings. The van der Waals surface area contributed by atoms with Crippen LogP contribution < -0.4 is 10.5 Å². The highest BCUT2D eigenvalue weighted by molar-refractivity contribution is 6.30. The summed E-state index contributed by atoms with van der Waals surface area (Å²) in [5, 5.41) is 1.86. The highest BCUT2D eigenvalue weighted by Crippen LogP contribution is 2.26. The number of pyridine rings is 1. The Kier molecular flexibility index (Phi) is 4.94. The third kappa shape index (κ3) is 3.73. The largest absolute Gasteiger partial charge is 0.369 e. The second kappa shape index (κ2) is 7.37. The van der Waals surface area contributed by atoms with E-state index in [0.29, 0.717) is 6.04 Å². The van der Waals surface area contributed by atoms with Crippen molar-refractivity contribution < 1.29 is 0 Å². The van der Waals surface area contributed by atoms with Gasteiger partial charge >= 0.3 is 0 Å². The van der Waals surface area contributed by atoms with Gasteiger partial charge in [0.25, 0.3) is 5.56 Å². The minimum atomic E-state index is -0.0116. The second-order valence-electron chi connectivity index (χ2n) is 7.31. The van der Waals surface area contributed by atoms with Crippen molar-refractivity contribution in [1.82, 2.24) is 9.88 Å². The molecule has 27 heavy (non-hydrogen) atoms. The standard InChI is InChI=1S/C22H24ClN3O/c1-15-12-18-7-6-17(13-21(18)24-22(15)27)16(2)25-8-10-26(11-9-25)20-5-3-4-19(23)14-20/h3-7,12-14,16H,8-11H2,1-2H3,(H,24,27). The number of benzene rings is 2. The van der Waals surface area contributed by atoms with E-state index in [2.05, 4.69) is 46.0 Å². The topological polar surface area (TPSA) is 39.3 Å². The first-order valence-electron chi connectivity index (χ1n) is 9.39. The molecule has 1 atom stereocenters. The molecule has 0 bridgehead atoms. The Balaban J connectivity index is 1.49. The summed E-state index contributed by atoms with van der Waals surface area (Å²) in [5.41, 5.74) is 4.07. The molecule has 2 aromatic carbocycles. The van der Waals surface area contributed by atoms with E-state index in [-0.39, 0.29) is 5.56 Å². The lowest BCUT2D eigenvalue weighted by atomic mass is 10.0. The molecule has 0 radical (unpaired) electrons. The summed E-state index contributed by atoms with van der Waals surface area (Å²) in [6, 6.07) is 16.7. The summed E-state index contributed by atoms with van der Waals surface area (Å²) in [6.45, 7) is 8.03. The first-order chi connectivity index (χ1) is 13.0.